The summed E-state index contributed by atoms with van der Waals surface area (Å²) in [5.74, 6) is 0. The van der Waals surface area contributed by atoms with Crippen molar-refractivity contribution in [3.8, 4) is 0 Å². The first-order valence-electron chi connectivity index (χ1n) is 1.21. The monoisotopic (exact) mass is 123 g/mol. The highest BCUT2D eigenvalue weighted by atomic mass is 32.7. The molecule has 0 aromatic carbocycles. The van der Waals surface area contributed by atoms with Gasteiger partial charge in [-0.15, -0.1) is 0 Å². The standard InChI is InChI=1S/C2H3OPS.H3N/c1-2-5-4-3-1;/h1-2,4H;1H3. The summed E-state index contributed by atoms with van der Waals surface area (Å²) in [6.07, 6.45) is 1.71. The van der Waals surface area contributed by atoms with Crippen molar-refractivity contribution < 1.29 is 4.52 Å². The lowest BCUT2D eigenvalue weighted by molar-refractivity contribution is 0.567. The second kappa shape index (κ2) is 3.47. The quantitative estimate of drug-likeness (QED) is 0.500. The van der Waals surface area contributed by atoms with Gasteiger partial charge in [-0.25, -0.2) is 0 Å². The fraction of sp³-hybridized carbons (Fsp3) is 0. The van der Waals surface area contributed by atoms with Gasteiger partial charge >= 0.3 is 0 Å². The molecule has 1 unspecified atom stereocenters. The normalized spacial score (nSPS) is 20.0. The SMILES string of the molecule is C1=CSPO1.N. The van der Waals surface area contributed by atoms with E-state index in [1.54, 1.807) is 17.6 Å². The predicted molar refractivity (Wildman–Crippen MR) is 31.2 cm³/mol. The highest BCUT2D eigenvalue weighted by Gasteiger charge is 1.85. The van der Waals surface area contributed by atoms with Crippen molar-refractivity contribution in [2.45, 2.75) is 0 Å². The lowest BCUT2D eigenvalue weighted by Crippen LogP contribution is -1.36. The Bertz CT molecular complexity index is 51.5. The fourth-order valence-corrected chi connectivity index (χ4v) is 1.25. The Morgan fingerprint density at radius 1 is 1.67 bits per heavy atom. The molecular formula is C2H6NOPS. The van der Waals surface area contributed by atoms with E-state index in [9.17, 15) is 0 Å². The third-order valence-corrected chi connectivity index (χ3v) is 1.85. The summed E-state index contributed by atoms with van der Waals surface area (Å²) >= 11 is 1.70. The van der Waals surface area contributed by atoms with Crippen LogP contribution in [0, 0.1) is 0 Å². The molecule has 0 aromatic heterocycles. The van der Waals surface area contributed by atoms with Crippen molar-refractivity contribution in [2.75, 3.05) is 0 Å². The second-order valence-electron chi connectivity index (χ2n) is 0.591. The van der Waals surface area contributed by atoms with Gasteiger partial charge in [-0.1, -0.05) is 11.4 Å². The van der Waals surface area contributed by atoms with Gasteiger partial charge in [0, 0.05) is 5.41 Å². The summed E-state index contributed by atoms with van der Waals surface area (Å²) in [6.45, 7) is 0. The zero-order valence-corrected chi connectivity index (χ0v) is 4.99. The first-order chi connectivity index (χ1) is 2.50. The smallest absolute Gasteiger partial charge is 0.137 e. The van der Waals surface area contributed by atoms with Crippen LogP contribution in [0.3, 0.4) is 0 Å². The minimum Gasteiger partial charge on any atom is -0.473 e. The van der Waals surface area contributed by atoms with Gasteiger partial charge in [0.15, 0.2) is 0 Å². The minimum atomic E-state index is 0. The second-order valence-corrected chi connectivity index (χ2v) is 2.71. The maximum Gasteiger partial charge on any atom is 0.137 e. The average Bonchev–Trinajstić information content (AvgIpc) is 1.76. The van der Waals surface area contributed by atoms with Crippen molar-refractivity contribution in [1.82, 2.24) is 6.15 Å². The van der Waals surface area contributed by atoms with Crippen LogP contribution in [-0.4, -0.2) is 0 Å². The molecule has 1 heterocycles. The van der Waals surface area contributed by atoms with Crippen LogP contribution in [-0.2, 0) is 4.52 Å². The number of hydrogen-bond donors (Lipinski definition) is 1. The van der Waals surface area contributed by atoms with Crippen molar-refractivity contribution >= 4 is 19.4 Å². The molecule has 2 nitrogen and oxygen atoms in total. The van der Waals surface area contributed by atoms with Crippen molar-refractivity contribution in [2.24, 2.45) is 0 Å². The van der Waals surface area contributed by atoms with E-state index in [1.165, 1.54) is 0 Å². The van der Waals surface area contributed by atoms with Crippen LogP contribution in [0.4, 0.5) is 0 Å². The first-order valence-corrected chi connectivity index (χ1v) is 3.73. The van der Waals surface area contributed by atoms with Crippen LogP contribution in [0.15, 0.2) is 11.7 Å². The van der Waals surface area contributed by atoms with E-state index in [0.29, 0.717) is 8.01 Å². The predicted octanol–water partition coefficient (Wildman–Crippen LogP) is 1.89. The van der Waals surface area contributed by atoms with Gasteiger partial charge in [-0.2, -0.15) is 0 Å². The number of hydrogen-bond acceptors (Lipinski definition) is 3. The molecule has 36 valence electrons. The lowest BCUT2D eigenvalue weighted by atomic mass is 11.2. The Labute approximate surface area is 42.5 Å². The minimum absolute atomic E-state index is 0. The van der Waals surface area contributed by atoms with Crippen molar-refractivity contribution in [3.63, 3.8) is 0 Å². The first kappa shape index (κ1) is 6.28. The molecule has 1 atom stereocenters. The van der Waals surface area contributed by atoms with Gasteiger partial charge in [-0.3, -0.25) is 0 Å². The molecule has 0 fully saturated rings. The Kier molecular flexibility index (Phi) is 3.63. The molecule has 0 saturated carbocycles. The maximum absolute atomic E-state index is 4.75. The molecule has 1 aliphatic heterocycles. The molecule has 1 rings (SSSR count). The summed E-state index contributed by atoms with van der Waals surface area (Å²) in [6, 6.07) is 0. The van der Waals surface area contributed by atoms with Crippen LogP contribution >= 0.6 is 19.4 Å². The molecule has 0 aromatic rings. The van der Waals surface area contributed by atoms with Gasteiger partial charge in [0.1, 0.15) is 8.01 Å². The summed E-state index contributed by atoms with van der Waals surface area (Å²) < 4.78 is 4.75. The maximum atomic E-state index is 4.75. The van der Waals surface area contributed by atoms with E-state index >= 15 is 0 Å². The molecule has 3 N–H and O–H groups in total. The zero-order valence-electron chi connectivity index (χ0n) is 3.18. The van der Waals surface area contributed by atoms with E-state index < -0.39 is 0 Å². The third kappa shape index (κ3) is 1.65. The molecule has 0 spiro atoms. The van der Waals surface area contributed by atoms with E-state index in [2.05, 4.69) is 0 Å². The molecule has 6 heavy (non-hydrogen) atoms. The van der Waals surface area contributed by atoms with Crippen LogP contribution in [0.25, 0.3) is 0 Å². The highest BCUT2D eigenvalue weighted by Crippen LogP contribution is 2.36. The highest BCUT2D eigenvalue weighted by molar-refractivity contribution is 8.50. The van der Waals surface area contributed by atoms with Gasteiger partial charge < -0.3 is 10.7 Å². The van der Waals surface area contributed by atoms with Crippen molar-refractivity contribution in [3.05, 3.63) is 11.7 Å². The molecule has 0 saturated heterocycles. The van der Waals surface area contributed by atoms with E-state index in [-0.39, 0.29) is 6.15 Å². The lowest BCUT2D eigenvalue weighted by Gasteiger charge is -1.77. The van der Waals surface area contributed by atoms with Crippen LogP contribution in [0.5, 0.6) is 0 Å². The topological polar surface area (TPSA) is 44.2 Å². The Morgan fingerprint density at radius 3 is 2.67 bits per heavy atom. The molecule has 0 bridgehead atoms. The average molecular weight is 123 g/mol. The van der Waals surface area contributed by atoms with Gasteiger partial charge in [0.25, 0.3) is 0 Å². The summed E-state index contributed by atoms with van der Waals surface area (Å²) in [7, 11) is 0.614. The zero-order chi connectivity index (χ0) is 3.54. The largest absolute Gasteiger partial charge is 0.473 e. The van der Waals surface area contributed by atoms with Crippen LogP contribution < -0.4 is 6.15 Å². The van der Waals surface area contributed by atoms with E-state index in [1.807, 2.05) is 5.41 Å². The molecule has 0 amide bonds. The summed E-state index contributed by atoms with van der Waals surface area (Å²) in [5.41, 5.74) is 0. The van der Waals surface area contributed by atoms with Gasteiger partial charge in [-0.05, 0) is 0 Å². The summed E-state index contributed by atoms with van der Waals surface area (Å²) in [4.78, 5) is 0. The Hall–Kier alpha value is 0.280. The summed E-state index contributed by atoms with van der Waals surface area (Å²) in [5, 5.41) is 1.94. The fourth-order valence-electron chi connectivity index (χ4n) is 0.139. The Balaban J connectivity index is 0.000000250. The molecule has 0 radical (unpaired) electrons. The molecular weight excluding hydrogens is 117 g/mol. The number of rotatable bonds is 0. The third-order valence-electron chi connectivity index (χ3n) is 0.288. The van der Waals surface area contributed by atoms with Crippen molar-refractivity contribution in [1.29, 1.82) is 0 Å². The Morgan fingerprint density at radius 2 is 2.50 bits per heavy atom. The van der Waals surface area contributed by atoms with Crippen LogP contribution in [0.2, 0.25) is 0 Å². The molecule has 4 heteroatoms. The van der Waals surface area contributed by atoms with E-state index in [4.69, 9.17) is 4.52 Å². The van der Waals surface area contributed by atoms with Gasteiger partial charge in [0.2, 0.25) is 0 Å². The molecule has 0 aliphatic carbocycles. The van der Waals surface area contributed by atoms with Gasteiger partial charge in [0.05, 0.1) is 6.26 Å². The van der Waals surface area contributed by atoms with E-state index in [0.717, 1.165) is 0 Å². The molecule has 1 aliphatic rings. The van der Waals surface area contributed by atoms with Crippen LogP contribution in [0.1, 0.15) is 0 Å².